The molecule has 2 aromatic carbocycles. The molecule has 12 heteroatoms. The van der Waals surface area contributed by atoms with Gasteiger partial charge in [0.05, 0.1) is 29.0 Å². The first-order chi connectivity index (χ1) is 26.6. The SMILES string of the molecule is CC1(C)C(c2cccc(Nc3nc(C4CC4)nc4cc(CN5CC[C@@H](O)C5)cnc34)c2)=CC=CC1c1nc2cc(CN3CC[C@@H](C(=O)O)C3)cc(C#N)c2o1. The summed E-state index contributed by atoms with van der Waals surface area (Å²) in [5, 5.41) is 33.1. The van der Waals surface area contributed by atoms with Crippen LogP contribution in [-0.2, 0) is 17.9 Å². The number of carbonyl (C=O) groups is 1. The zero-order valence-electron chi connectivity index (χ0n) is 31.1. The van der Waals surface area contributed by atoms with Gasteiger partial charge < -0.3 is 19.9 Å². The largest absolute Gasteiger partial charge is 0.481 e. The minimum Gasteiger partial charge on any atom is -0.481 e. The third-order valence-corrected chi connectivity index (χ3v) is 11.7. The number of benzene rings is 2. The number of carboxylic acid groups (broad SMARTS) is 1. The number of aliphatic hydroxyl groups is 1. The fourth-order valence-electron chi connectivity index (χ4n) is 8.49. The average molecular weight is 737 g/mol. The summed E-state index contributed by atoms with van der Waals surface area (Å²) in [5.74, 6) is 1.12. The number of aliphatic carboxylic acids is 1. The maximum Gasteiger partial charge on any atom is 0.307 e. The molecular weight excluding hydrogens is 693 g/mol. The van der Waals surface area contributed by atoms with E-state index < -0.39 is 11.4 Å². The van der Waals surface area contributed by atoms with Crippen LogP contribution in [0.15, 0.2) is 71.3 Å². The van der Waals surface area contributed by atoms with Gasteiger partial charge in [0.25, 0.3) is 0 Å². The van der Waals surface area contributed by atoms with Gasteiger partial charge in [-0.05, 0) is 84.8 Å². The van der Waals surface area contributed by atoms with Crippen molar-refractivity contribution in [1.29, 1.82) is 5.26 Å². The smallest absolute Gasteiger partial charge is 0.307 e. The molecular formula is C43H44N8O4. The first kappa shape index (κ1) is 35.2. The normalized spacial score (nSPS) is 22.7. The maximum absolute atomic E-state index is 11.5. The molecule has 5 aromatic rings. The van der Waals surface area contributed by atoms with Crippen LogP contribution in [-0.4, -0.2) is 78.2 Å². The van der Waals surface area contributed by atoms with Gasteiger partial charge in [0.2, 0.25) is 5.89 Å². The van der Waals surface area contributed by atoms with E-state index in [1.165, 1.54) is 0 Å². The summed E-state index contributed by atoms with van der Waals surface area (Å²) < 4.78 is 6.40. The van der Waals surface area contributed by atoms with E-state index >= 15 is 0 Å². The number of carboxylic acids is 1. The van der Waals surface area contributed by atoms with Crippen molar-refractivity contribution in [2.24, 2.45) is 11.3 Å². The van der Waals surface area contributed by atoms with Crippen molar-refractivity contribution in [2.75, 3.05) is 31.5 Å². The number of likely N-dealkylation sites (tertiary alicyclic amines) is 2. The van der Waals surface area contributed by atoms with Gasteiger partial charge in [0.15, 0.2) is 11.4 Å². The highest BCUT2D eigenvalue weighted by molar-refractivity contribution is 5.88. The number of fused-ring (bicyclic) bond motifs is 2. The van der Waals surface area contributed by atoms with E-state index in [0.717, 1.165) is 77.2 Å². The predicted octanol–water partition coefficient (Wildman–Crippen LogP) is 6.89. The van der Waals surface area contributed by atoms with Crippen molar-refractivity contribution in [3.05, 3.63) is 101 Å². The number of hydrogen-bond donors (Lipinski definition) is 3. The fraction of sp³-hybridized carbons (Fsp3) is 0.395. The lowest BCUT2D eigenvalue weighted by molar-refractivity contribution is -0.141. The van der Waals surface area contributed by atoms with Crippen LogP contribution in [0, 0.1) is 22.7 Å². The standard InChI is InChI=1S/C43H44N8O4/c1-43(2)33(7-4-8-34(43)41-48-36-16-25(15-30(19-44)38(36)55-41)21-50-13-11-29(23-50)42(53)54)28-5-3-6-31(18-28)46-40-37-35(47-39(49-40)27-9-10-27)17-26(20-45-37)22-51-14-12-32(52)24-51/h3-8,15-18,20,27,29,32,34,52H,9-14,21-24H2,1-2H3,(H,53,54)(H,46,47,49)/t29-,32-,34?/m1/s1. The van der Waals surface area contributed by atoms with Crippen LogP contribution in [0.25, 0.3) is 27.7 Å². The first-order valence-corrected chi connectivity index (χ1v) is 19.2. The Morgan fingerprint density at radius 2 is 1.80 bits per heavy atom. The van der Waals surface area contributed by atoms with Gasteiger partial charge in [-0.1, -0.05) is 44.2 Å². The predicted molar refractivity (Wildman–Crippen MR) is 208 cm³/mol. The molecule has 1 unspecified atom stereocenters. The molecule has 2 saturated heterocycles. The number of aliphatic hydroxyl groups excluding tert-OH is 1. The Bertz CT molecular complexity index is 2430. The number of β-amino-alcohol motifs (C(OH)–C–C–N with tert-alkyl or cyclic N) is 1. The van der Waals surface area contributed by atoms with Crippen molar-refractivity contribution >= 4 is 45.2 Å². The summed E-state index contributed by atoms with van der Waals surface area (Å²) in [5.41, 5.74) is 7.69. The molecule has 0 amide bonds. The van der Waals surface area contributed by atoms with Crippen LogP contribution >= 0.6 is 0 Å². The lowest BCUT2D eigenvalue weighted by Gasteiger charge is -2.35. The van der Waals surface area contributed by atoms with Crippen molar-refractivity contribution in [1.82, 2.24) is 29.7 Å². The van der Waals surface area contributed by atoms with Crippen LogP contribution in [0.3, 0.4) is 0 Å². The van der Waals surface area contributed by atoms with Crippen molar-refractivity contribution < 1.29 is 19.4 Å². The second-order valence-corrected chi connectivity index (χ2v) is 16.2. The van der Waals surface area contributed by atoms with E-state index in [4.69, 9.17) is 24.4 Å². The monoisotopic (exact) mass is 736 g/mol. The zero-order chi connectivity index (χ0) is 37.8. The second kappa shape index (κ2) is 14.0. The number of nitrogens with zero attached hydrogens (tertiary/aromatic N) is 7. The minimum atomic E-state index is -0.763. The van der Waals surface area contributed by atoms with Gasteiger partial charge in [-0.3, -0.25) is 19.6 Å². The van der Waals surface area contributed by atoms with Crippen LogP contribution in [0.2, 0.25) is 0 Å². The summed E-state index contributed by atoms with van der Waals surface area (Å²) in [4.78, 5) is 35.6. The van der Waals surface area contributed by atoms with Crippen LogP contribution in [0.4, 0.5) is 11.5 Å². The summed E-state index contributed by atoms with van der Waals surface area (Å²) in [6.45, 7) is 8.41. The van der Waals surface area contributed by atoms with Crippen LogP contribution in [0.5, 0.6) is 0 Å². The number of pyridine rings is 1. The van der Waals surface area contributed by atoms with Gasteiger partial charge in [-0.15, -0.1) is 0 Å². The van der Waals surface area contributed by atoms with Crippen molar-refractivity contribution in [2.45, 2.75) is 70.6 Å². The number of nitriles is 1. The van der Waals surface area contributed by atoms with Gasteiger partial charge >= 0.3 is 5.97 Å². The van der Waals surface area contributed by atoms with Gasteiger partial charge in [0.1, 0.15) is 22.9 Å². The molecule has 3 atom stereocenters. The van der Waals surface area contributed by atoms with E-state index in [9.17, 15) is 20.3 Å². The highest BCUT2D eigenvalue weighted by Gasteiger charge is 2.39. The number of allylic oxidation sites excluding steroid dienone is 4. The molecule has 1 saturated carbocycles. The van der Waals surface area contributed by atoms with Gasteiger partial charge in [-0.25, -0.2) is 15.0 Å². The Kier molecular flexibility index (Phi) is 8.96. The molecule has 4 aliphatic rings. The molecule has 2 aliphatic carbocycles. The summed E-state index contributed by atoms with van der Waals surface area (Å²) in [6, 6.07) is 16.5. The Hall–Kier alpha value is -5.48. The topological polar surface area (TPSA) is 165 Å². The quantitative estimate of drug-likeness (QED) is 0.136. The Labute approximate surface area is 319 Å². The number of oxazole rings is 1. The lowest BCUT2D eigenvalue weighted by atomic mass is 9.68. The summed E-state index contributed by atoms with van der Waals surface area (Å²) in [6.07, 6.45) is 11.5. The molecule has 0 spiro atoms. The number of aromatic nitrogens is 4. The zero-order valence-corrected chi connectivity index (χ0v) is 31.1. The molecule has 2 aliphatic heterocycles. The fourth-order valence-corrected chi connectivity index (χ4v) is 8.49. The molecule has 0 radical (unpaired) electrons. The molecule has 5 heterocycles. The minimum absolute atomic E-state index is 0.199. The maximum atomic E-state index is 11.5. The van der Waals surface area contributed by atoms with E-state index in [2.05, 4.69) is 65.4 Å². The third-order valence-electron chi connectivity index (χ3n) is 11.7. The van der Waals surface area contributed by atoms with Gasteiger partial charge in [-0.2, -0.15) is 5.26 Å². The summed E-state index contributed by atoms with van der Waals surface area (Å²) in [7, 11) is 0. The lowest BCUT2D eigenvalue weighted by Crippen LogP contribution is -2.25. The van der Waals surface area contributed by atoms with Gasteiger partial charge in [0, 0.05) is 55.9 Å². The molecule has 3 aromatic heterocycles. The molecule has 55 heavy (non-hydrogen) atoms. The molecule has 9 rings (SSSR count). The Morgan fingerprint density at radius 1 is 1.00 bits per heavy atom. The number of rotatable bonds is 10. The highest BCUT2D eigenvalue weighted by Crippen LogP contribution is 2.50. The molecule has 12 nitrogen and oxygen atoms in total. The van der Waals surface area contributed by atoms with Crippen LogP contribution in [0.1, 0.15) is 85.3 Å². The highest BCUT2D eigenvalue weighted by atomic mass is 16.4. The molecule has 3 N–H and O–H groups in total. The first-order valence-electron chi connectivity index (χ1n) is 19.2. The number of anilines is 2. The van der Waals surface area contributed by atoms with E-state index in [1.807, 2.05) is 36.5 Å². The number of nitrogens with one attached hydrogen (secondary N) is 1. The van der Waals surface area contributed by atoms with E-state index in [0.29, 0.717) is 66.9 Å². The Morgan fingerprint density at radius 3 is 2.56 bits per heavy atom. The average Bonchev–Trinajstić information content (AvgIpc) is 3.53. The second-order valence-electron chi connectivity index (χ2n) is 16.2. The summed E-state index contributed by atoms with van der Waals surface area (Å²) >= 11 is 0. The molecule has 0 bridgehead atoms. The van der Waals surface area contributed by atoms with Crippen molar-refractivity contribution in [3.8, 4) is 6.07 Å². The molecule has 280 valence electrons. The van der Waals surface area contributed by atoms with Crippen LogP contribution < -0.4 is 5.32 Å². The van der Waals surface area contributed by atoms with E-state index in [1.54, 1.807) is 0 Å². The Balaban J connectivity index is 0.972. The third kappa shape index (κ3) is 6.99. The number of hydrogen-bond acceptors (Lipinski definition) is 11. The van der Waals surface area contributed by atoms with Crippen molar-refractivity contribution in [3.63, 3.8) is 0 Å². The molecule has 3 fully saturated rings. The van der Waals surface area contributed by atoms with E-state index in [-0.39, 0.29) is 17.9 Å².